The minimum atomic E-state index is -4.71. The number of halogens is 4. The third-order valence-electron chi connectivity index (χ3n) is 2.15. The first-order chi connectivity index (χ1) is 8.48. The lowest BCUT2D eigenvalue weighted by Crippen LogP contribution is -2.18. The normalized spacial score (nSPS) is 11.4. The quantitative estimate of drug-likeness (QED) is 0.725. The van der Waals surface area contributed by atoms with Crippen molar-refractivity contribution in [2.75, 3.05) is 11.9 Å². The Morgan fingerprint density at radius 2 is 2.00 bits per heavy atom. The van der Waals surface area contributed by atoms with Gasteiger partial charge < -0.3 is 9.47 Å². The summed E-state index contributed by atoms with van der Waals surface area (Å²) in [4.78, 5) is 0. The molecule has 0 aliphatic rings. The Morgan fingerprint density at radius 1 is 1.28 bits per heavy atom. The largest absolute Gasteiger partial charge is 0.573 e. The Morgan fingerprint density at radius 3 is 2.56 bits per heavy atom. The number of benzene rings is 1. The summed E-state index contributed by atoms with van der Waals surface area (Å²) in [6.07, 6.45) is -3.26. The van der Waals surface area contributed by atoms with E-state index in [0.29, 0.717) is 13.0 Å². The first-order valence-corrected chi connectivity index (χ1v) is 6.66. The summed E-state index contributed by atoms with van der Waals surface area (Å²) < 4.78 is 46.0. The molecule has 0 fully saturated rings. The number of hydrogen-bond acceptors (Lipinski definition) is 2. The van der Waals surface area contributed by atoms with Gasteiger partial charge >= 0.3 is 6.36 Å². The van der Waals surface area contributed by atoms with E-state index in [9.17, 15) is 13.2 Å². The second-order valence-electron chi connectivity index (χ2n) is 3.52. The van der Waals surface area contributed by atoms with Crippen LogP contribution in [0.15, 0.2) is 18.2 Å². The van der Waals surface area contributed by atoms with E-state index in [0.717, 1.165) is 17.3 Å². The number of hydrogen-bond donors (Lipinski definition) is 0. The molecular formula is C12H14BrF3O2. The van der Waals surface area contributed by atoms with Crippen molar-refractivity contribution in [1.82, 2.24) is 0 Å². The molecule has 0 saturated carbocycles. The van der Waals surface area contributed by atoms with Crippen LogP contribution < -0.4 is 9.47 Å². The average molecular weight is 327 g/mol. The molecule has 2 nitrogen and oxygen atoms in total. The van der Waals surface area contributed by atoms with E-state index in [-0.39, 0.29) is 11.5 Å². The number of aryl methyl sites for hydroxylation is 1. The van der Waals surface area contributed by atoms with Crippen molar-refractivity contribution in [3.63, 3.8) is 0 Å². The van der Waals surface area contributed by atoms with Crippen molar-refractivity contribution in [3.8, 4) is 11.5 Å². The molecule has 0 unspecified atom stereocenters. The molecule has 0 aliphatic carbocycles. The molecule has 0 aliphatic heterocycles. The predicted molar refractivity (Wildman–Crippen MR) is 66.4 cm³/mol. The highest BCUT2D eigenvalue weighted by molar-refractivity contribution is 9.09. The van der Waals surface area contributed by atoms with Gasteiger partial charge in [0.15, 0.2) is 11.5 Å². The van der Waals surface area contributed by atoms with Crippen molar-refractivity contribution < 1.29 is 22.6 Å². The van der Waals surface area contributed by atoms with E-state index in [1.54, 1.807) is 13.0 Å². The number of para-hydroxylation sites is 1. The number of alkyl halides is 4. The van der Waals surface area contributed by atoms with E-state index >= 15 is 0 Å². The predicted octanol–water partition coefficient (Wildman–Crippen LogP) is 4.31. The van der Waals surface area contributed by atoms with Crippen LogP contribution >= 0.6 is 15.9 Å². The van der Waals surface area contributed by atoms with Crippen LogP contribution in [0.5, 0.6) is 11.5 Å². The molecule has 1 rings (SSSR count). The van der Waals surface area contributed by atoms with Gasteiger partial charge in [0.25, 0.3) is 0 Å². The van der Waals surface area contributed by atoms with Gasteiger partial charge in [-0.1, -0.05) is 28.1 Å². The van der Waals surface area contributed by atoms with Crippen molar-refractivity contribution in [3.05, 3.63) is 23.8 Å². The van der Waals surface area contributed by atoms with Crippen molar-refractivity contribution in [1.29, 1.82) is 0 Å². The standard InChI is InChI=1S/C12H14BrF3O2/c1-2-17-11-9(6-4-8-13)5-3-7-10(11)18-12(14,15)16/h3,5,7H,2,4,6,8H2,1H3. The van der Waals surface area contributed by atoms with Gasteiger partial charge in [0.1, 0.15) is 0 Å². The van der Waals surface area contributed by atoms with Crippen LogP contribution in [-0.4, -0.2) is 18.3 Å². The van der Waals surface area contributed by atoms with Crippen LogP contribution in [0.2, 0.25) is 0 Å². The van der Waals surface area contributed by atoms with Gasteiger partial charge in [0.05, 0.1) is 6.61 Å². The van der Waals surface area contributed by atoms with E-state index in [1.807, 2.05) is 0 Å². The first kappa shape index (κ1) is 15.1. The van der Waals surface area contributed by atoms with Crippen LogP contribution in [0.3, 0.4) is 0 Å². The van der Waals surface area contributed by atoms with Crippen molar-refractivity contribution >= 4 is 15.9 Å². The molecule has 0 atom stereocenters. The SMILES string of the molecule is CCOc1c(CCCBr)cccc1OC(F)(F)F. The van der Waals surface area contributed by atoms with Crippen LogP contribution in [0.4, 0.5) is 13.2 Å². The monoisotopic (exact) mass is 326 g/mol. The maximum absolute atomic E-state index is 12.3. The average Bonchev–Trinajstić information content (AvgIpc) is 2.28. The lowest BCUT2D eigenvalue weighted by molar-refractivity contribution is -0.275. The van der Waals surface area contributed by atoms with Gasteiger partial charge in [0.2, 0.25) is 0 Å². The maximum Gasteiger partial charge on any atom is 0.573 e. The van der Waals surface area contributed by atoms with Crippen molar-refractivity contribution in [2.24, 2.45) is 0 Å². The molecule has 102 valence electrons. The minimum absolute atomic E-state index is 0.179. The maximum atomic E-state index is 12.3. The van der Waals surface area contributed by atoms with Gasteiger partial charge in [-0.3, -0.25) is 0 Å². The van der Waals surface area contributed by atoms with Gasteiger partial charge in [0, 0.05) is 5.33 Å². The smallest absolute Gasteiger partial charge is 0.490 e. The van der Waals surface area contributed by atoms with E-state index < -0.39 is 6.36 Å². The van der Waals surface area contributed by atoms with E-state index in [2.05, 4.69) is 20.7 Å². The highest BCUT2D eigenvalue weighted by Gasteiger charge is 2.32. The Labute approximate surface area is 112 Å². The van der Waals surface area contributed by atoms with Crippen LogP contribution in [0, 0.1) is 0 Å². The van der Waals surface area contributed by atoms with Gasteiger partial charge in [-0.05, 0) is 31.4 Å². The lowest BCUT2D eigenvalue weighted by atomic mass is 10.1. The highest BCUT2D eigenvalue weighted by atomic mass is 79.9. The molecule has 6 heteroatoms. The molecule has 0 bridgehead atoms. The zero-order valence-electron chi connectivity index (χ0n) is 9.89. The fourth-order valence-electron chi connectivity index (χ4n) is 1.53. The van der Waals surface area contributed by atoms with E-state index in [1.165, 1.54) is 12.1 Å². The molecule has 0 amide bonds. The first-order valence-electron chi connectivity index (χ1n) is 5.54. The Bertz CT molecular complexity index is 380. The molecular weight excluding hydrogens is 313 g/mol. The molecule has 0 N–H and O–H groups in total. The topological polar surface area (TPSA) is 18.5 Å². The van der Waals surface area contributed by atoms with Crippen molar-refractivity contribution in [2.45, 2.75) is 26.1 Å². The summed E-state index contributed by atoms with van der Waals surface area (Å²) in [6.45, 7) is 2.01. The van der Waals surface area contributed by atoms with E-state index in [4.69, 9.17) is 4.74 Å². The van der Waals surface area contributed by atoms with Crippen LogP contribution in [0.1, 0.15) is 18.9 Å². The number of ether oxygens (including phenoxy) is 2. The molecule has 0 spiro atoms. The van der Waals surface area contributed by atoms with Gasteiger partial charge in [-0.2, -0.15) is 0 Å². The molecule has 1 aromatic rings. The Hall–Kier alpha value is -0.910. The van der Waals surface area contributed by atoms with Crippen LogP contribution in [-0.2, 0) is 6.42 Å². The third kappa shape index (κ3) is 4.76. The summed E-state index contributed by atoms with van der Waals surface area (Å²) in [5.74, 6) is -0.102. The summed E-state index contributed by atoms with van der Waals surface area (Å²) in [6, 6.07) is 4.54. The fourth-order valence-corrected chi connectivity index (χ4v) is 1.81. The number of rotatable bonds is 6. The summed E-state index contributed by atoms with van der Waals surface area (Å²) in [7, 11) is 0. The van der Waals surface area contributed by atoms with Crippen LogP contribution in [0.25, 0.3) is 0 Å². The fraction of sp³-hybridized carbons (Fsp3) is 0.500. The van der Waals surface area contributed by atoms with Gasteiger partial charge in [-0.15, -0.1) is 13.2 Å². The molecule has 0 aromatic heterocycles. The lowest BCUT2D eigenvalue weighted by Gasteiger charge is -2.16. The molecule has 0 radical (unpaired) electrons. The second kappa shape index (κ2) is 6.87. The highest BCUT2D eigenvalue weighted by Crippen LogP contribution is 2.35. The molecule has 0 heterocycles. The summed E-state index contributed by atoms with van der Waals surface area (Å²) in [5.41, 5.74) is 0.720. The molecule has 18 heavy (non-hydrogen) atoms. The Kier molecular flexibility index (Phi) is 5.78. The summed E-state index contributed by atoms with van der Waals surface area (Å²) in [5, 5.41) is 0.781. The minimum Gasteiger partial charge on any atom is -0.490 e. The second-order valence-corrected chi connectivity index (χ2v) is 4.31. The third-order valence-corrected chi connectivity index (χ3v) is 2.72. The molecule has 0 saturated heterocycles. The zero-order valence-corrected chi connectivity index (χ0v) is 11.5. The Balaban J connectivity index is 3.00. The summed E-state index contributed by atoms with van der Waals surface area (Å²) >= 11 is 3.29. The zero-order chi connectivity index (χ0) is 13.6. The molecule has 1 aromatic carbocycles. The van der Waals surface area contributed by atoms with Gasteiger partial charge in [-0.25, -0.2) is 0 Å².